The van der Waals surface area contributed by atoms with Gasteiger partial charge in [0.15, 0.2) is 11.5 Å². The topological polar surface area (TPSA) is 55.8 Å². The highest BCUT2D eigenvalue weighted by Gasteiger charge is 2.34. The van der Waals surface area contributed by atoms with Crippen molar-refractivity contribution in [2.75, 3.05) is 13.7 Å². The minimum Gasteiger partial charge on any atom is -0.493 e. The molecule has 0 spiro atoms. The number of methoxy groups -OCH3 is 1. The third-order valence-corrected chi connectivity index (χ3v) is 6.24. The molecule has 2 aromatic rings. The zero-order valence-corrected chi connectivity index (χ0v) is 20.1. The number of hydrogen-bond acceptors (Lipinski definition) is 5. The molecule has 2 amide bonds. The Morgan fingerprint density at radius 2 is 1.94 bits per heavy atom. The fourth-order valence-electron chi connectivity index (χ4n) is 3.25. The summed E-state index contributed by atoms with van der Waals surface area (Å²) in [6.07, 6.45) is 4.71. The number of halogens is 2. The van der Waals surface area contributed by atoms with Crippen LogP contribution in [0.4, 0.5) is 4.79 Å². The first-order valence-corrected chi connectivity index (χ1v) is 11.6. The minimum atomic E-state index is -0.274. The van der Waals surface area contributed by atoms with E-state index in [-0.39, 0.29) is 17.8 Å². The van der Waals surface area contributed by atoms with Crippen molar-refractivity contribution in [3.05, 3.63) is 74.6 Å². The molecule has 0 bridgehead atoms. The van der Waals surface area contributed by atoms with Crippen molar-refractivity contribution < 1.29 is 19.1 Å². The van der Waals surface area contributed by atoms with E-state index in [1.165, 1.54) is 4.90 Å². The first-order valence-electron chi connectivity index (χ1n) is 10.0. The van der Waals surface area contributed by atoms with E-state index >= 15 is 0 Å². The number of carbonyl (C=O) groups excluding carboxylic acids is 2. The quantitative estimate of drug-likeness (QED) is 0.286. The van der Waals surface area contributed by atoms with Crippen molar-refractivity contribution >= 4 is 52.2 Å². The van der Waals surface area contributed by atoms with Crippen LogP contribution in [0.15, 0.2) is 47.9 Å². The lowest BCUT2D eigenvalue weighted by molar-refractivity contribution is -0.122. The molecule has 1 fully saturated rings. The van der Waals surface area contributed by atoms with Crippen LogP contribution in [-0.4, -0.2) is 29.7 Å². The molecule has 3 rings (SSSR count). The van der Waals surface area contributed by atoms with E-state index in [0.717, 1.165) is 28.5 Å². The zero-order valence-electron chi connectivity index (χ0n) is 17.8. The molecule has 1 aliphatic heterocycles. The second-order valence-corrected chi connectivity index (χ2v) is 8.90. The van der Waals surface area contributed by atoms with Gasteiger partial charge < -0.3 is 9.47 Å². The summed E-state index contributed by atoms with van der Waals surface area (Å²) in [5.74, 6) is 0.798. The van der Waals surface area contributed by atoms with Gasteiger partial charge in [-0.15, -0.1) is 6.58 Å². The fraction of sp³-hybridized carbons (Fsp3) is 0.250. The summed E-state index contributed by atoms with van der Waals surface area (Å²) < 4.78 is 11.6. The van der Waals surface area contributed by atoms with Crippen molar-refractivity contribution in [1.29, 1.82) is 0 Å². The molecule has 0 unspecified atom stereocenters. The van der Waals surface area contributed by atoms with Gasteiger partial charge in [-0.3, -0.25) is 14.5 Å². The lowest BCUT2D eigenvalue weighted by atomic mass is 10.0. The van der Waals surface area contributed by atoms with Crippen molar-refractivity contribution in [3.8, 4) is 11.5 Å². The normalized spacial score (nSPS) is 14.9. The van der Waals surface area contributed by atoms with Gasteiger partial charge in [0.25, 0.3) is 11.1 Å². The predicted octanol–water partition coefficient (Wildman–Crippen LogP) is 6.76. The van der Waals surface area contributed by atoms with E-state index in [0.29, 0.717) is 45.8 Å². The van der Waals surface area contributed by atoms with Crippen LogP contribution < -0.4 is 9.47 Å². The van der Waals surface area contributed by atoms with Gasteiger partial charge in [-0.05, 0) is 60.5 Å². The van der Waals surface area contributed by atoms with Gasteiger partial charge in [-0.25, -0.2) is 0 Å². The molecule has 1 heterocycles. The predicted molar refractivity (Wildman–Crippen MR) is 131 cm³/mol. The number of ether oxygens (including phenoxy) is 2. The summed E-state index contributed by atoms with van der Waals surface area (Å²) in [6.45, 7) is 6.39. The molecule has 8 heteroatoms. The van der Waals surface area contributed by atoms with Crippen LogP contribution in [0.2, 0.25) is 10.0 Å². The van der Waals surface area contributed by atoms with Gasteiger partial charge in [0.1, 0.15) is 6.61 Å². The summed E-state index contributed by atoms with van der Waals surface area (Å²) in [6, 6.07) is 8.90. The van der Waals surface area contributed by atoms with E-state index in [1.807, 2.05) is 19.1 Å². The van der Waals surface area contributed by atoms with Crippen LogP contribution in [0.25, 0.3) is 6.08 Å². The molecule has 5 nitrogen and oxygen atoms in total. The molecule has 1 aliphatic rings. The van der Waals surface area contributed by atoms with Crippen LogP contribution in [0, 0.1) is 0 Å². The summed E-state index contributed by atoms with van der Waals surface area (Å²) in [5.41, 5.74) is 2.36. The molecule has 0 atom stereocenters. The molecule has 1 saturated heterocycles. The van der Waals surface area contributed by atoms with E-state index < -0.39 is 0 Å². The Morgan fingerprint density at radius 1 is 1.16 bits per heavy atom. The maximum atomic E-state index is 12.6. The summed E-state index contributed by atoms with van der Waals surface area (Å²) in [7, 11) is 1.55. The first-order chi connectivity index (χ1) is 15.4. The van der Waals surface area contributed by atoms with Crippen molar-refractivity contribution in [2.45, 2.75) is 26.4 Å². The van der Waals surface area contributed by atoms with E-state index in [4.69, 9.17) is 32.7 Å². The third-order valence-electron chi connectivity index (χ3n) is 4.74. The lowest BCUT2D eigenvalue weighted by Gasteiger charge is -2.16. The second-order valence-electron chi connectivity index (χ2n) is 7.06. The van der Waals surface area contributed by atoms with Crippen LogP contribution in [0.5, 0.6) is 11.5 Å². The Labute approximate surface area is 202 Å². The zero-order chi connectivity index (χ0) is 23.3. The number of thioether (sulfide) groups is 1. The van der Waals surface area contributed by atoms with E-state index in [2.05, 4.69) is 6.58 Å². The van der Waals surface area contributed by atoms with Gasteiger partial charge in [0.05, 0.1) is 12.0 Å². The van der Waals surface area contributed by atoms with Crippen LogP contribution >= 0.6 is 35.0 Å². The average Bonchev–Trinajstić information content (AvgIpc) is 3.01. The summed E-state index contributed by atoms with van der Waals surface area (Å²) in [5, 5.41) is 0.818. The smallest absolute Gasteiger partial charge is 0.293 e. The largest absolute Gasteiger partial charge is 0.493 e. The molecule has 168 valence electrons. The molecular weight excluding hydrogens is 469 g/mol. The monoisotopic (exact) mass is 491 g/mol. The fourth-order valence-corrected chi connectivity index (χ4v) is 4.57. The second kappa shape index (κ2) is 10.9. The highest BCUT2D eigenvalue weighted by atomic mass is 35.5. The van der Waals surface area contributed by atoms with Crippen molar-refractivity contribution in [1.82, 2.24) is 4.90 Å². The van der Waals surface area contributed by atoms with Crippen LogP contribution in [0.3, 0.4) is 0 Å². The maximum Gasteiger partial charge on any atom is 0.293 e. The third kappa shape index (κ3) is 5.49. The van der Waals surface area contributed by atoms with Gasteiger partial charge in [-0.1, -0.05) is 42.3 Å². The summed E-state index contributed by atoms with van der Waals surface area (Å²) >= 11 is 13.2. The van der Waals surface area contributed by atoms with Gasteiger partial charge in [0, 0.05) is 27.7 Å². The Bertz CT molecular complexity index is 1080. The summed E-state index contributed by atoms with van der Waals surface area (Å²) in [4.78, 5) is 26.4. The van der Waals surface area contributed by atoms with Crippen LogP contribution in [0.1, 0.15) is 30.0 Å². The number of rotatable bonds is 9. The highest BCUT2D eigenvalue weighted by molar-refractivity contribution is 8.18. The van der Waals surface area contributed by atoms with Crippen LogP contribution in [-0.2, 0) is 17.8 Å². The molecule has 0 radical (unpaired) electrons. The van der Waals surface area contributed by atoms with Gasteiger partial charge >= 0.3 is 0 Å². The number of hydrogen-bond donors (Lipinski definition) is 0. The van der Waals surface area contributed by atoms with Crippen molar-refractivity contribution in [3.63, 3.8) is 0 Å². The first kappa shape index (κ1) is 24.2. The van der Waals surface area contributed by atoms with E-state index in [9.17, 15) is 9.59 Å². The van der Waals surface area contributed by atoms with Gasteiger partial charge in [0.2, 0.25) is 0 Å². The molecule has 0 aromatic heterocycles. The minimum absolute atomic E-state index is 0.228. The molecule has 0 N–H and O–H groups in total. The number of nitrogens with zero attached hydrogens (tertiary/aromatic N) is 1. The average molecular weight is 492 g/mol. The molecule has 32 heavy (non-hydrogen) atoms. The number of allylic oxidation sites excluding steroid dienone is 1. The highest BCUT2D eigenvalue weighted by Crippen LogP contribution is 2.38. The number of imide groups is 1. The standard InChI is InChI=1S/C24H23Cl2NO4S/c1-4-6-16-10-15(12-21-23(28)27(9-5-2)24(29)32-21)11-20(30-3)22(16)31-14-17-7-8-18(25)13-19(17)26/h4,7-8,10-13H,1,5-6,9,14H2,2-3H3/b21-12+. The van der Waals surface area contributed by atoms with E-state index in [1.54, 1.807) is 37.5 Å². The SMILES string of the molecule is C=CCc1cc(/C=C2/SC(=O)N(CCC)C2=O)cc(OC)c1OCc1ccc(Cl)cc1Cl. The lowest BCUT2D eigenvalue weighted by Crippen LogP contribution is -2.28. The van der Waals surface area contributed by atoms with Gasteiger partial charge in [-0.2, -0.15) is 0 Å². The Kier molecular flexibility index (Phi) is 8.29. The number of benzene rings is 2. The Morgan fingerprint density at radius 3 is 2.59 bits per heavy atom. The Hall–Kier alpha value is -2.41. The Balaban J connectivity index is 1.92. The molecule has 0 aliphatic carbocycles. The molecular formula is C24H23Cl2NO4S. The number of carbonyl (C=O) groups is 2. The maximum absolute atomic E-state index is 12.6. The van der Waals surface area contributed by atoms with Crippen molar-refractivity contribution in [2.24, 2.45) is 0 Å². The number of amides is 2. The molecule has 0 saturated carbocycles. The molecule has 2 aromatic carbocycles.